The number of carboxylic acid groups (broad SMARTS) is 1. The van der Waals surface area contributed by atoms with Crippen molar-refractivity contribution in [3.8, 4) is 17.0 Å². The number of pyridine rings is 1. The summed E-state index contributed by atoms with van der Waals surface area (Å²) in [5.41, 5.74) is 2.02. The summed E-state index contributed by atoms with van der Waals surface area (Å²) in [5.74, 6) is -1.39. The molecule has 1 heterocycles. The smallest absolute Gasteiger partial charge is 0.387 e. The Balaban J connectivity index is 1.50. The van der Waals surface area contributed by atoms with Gasteiger partial charge in [-0.05, 0) is 68.0 Å². The highest BCUT2D eigenvalue weighted by Crippen LogP contribution is 2.55. The van der Waals surface area contributed by atoms with Crippen molar-refractivity contribution in [3.05, 3.63) is 100 Å². The van der Waals surface area contributed by atoms with Gasteiger partial charge >= 0.3 is 12.6 Å². The molecule has 0 spiro atoms. The average molecular weight is 633 g/mol. The number of hydrogen-bond acceptors (Lipinski definition) is 4. The second kappa shape index (κ2) is 10.6. The van der Waals surface area contributed by atoms with Crippen LogP contribution in [0.1, 0.15) is 47.2 Å². The maximum Gasteiger partial charge on any atom is 0.387 e. The standard InChI is InChI=1S/C33H27BrF2N2O4/c1-19-27(23-17-21(34)11-12-25(23)37-28(19)20-7-3-2-4-8-20)29(39)38-33-15-13-32(14-16-33,30(40)41)18-24(33)22-9-5-6-10-26(22)42-31(35)36/h2-12,17-18,31H,13-16H2,1H3,(H,38,39)(H,40,41). The first-order chi connectivity index (χ1) is 20.1. The van der Waals surface area contributed by atoms with Gasteiger partial charge in [-0.25, -0.2) is 4.98 Å². The molecule has 0 unspecified atom stereocenters. The number of amides is 1. The highest BCUT2D eigenvalue weighted by Gasteiger charge is 2.54. The molecule has 3 aliphatic carbocycles. The number of nitrogens with zero attached hydrogens (tertiary/aromatic N) is 1. The monoisotopic (exact) mass is 632 g/mol. The number of rotatable bonds is 7. The lowest BCUT2D eigenvalue weighted by molar-refractivity contribution is -0.148. The topological polar surface area (TPSA) is 88.5 Å². The lowest BCUT2D eigenvalue weighted by Gasteiger charge is -2.51. The van der Waals surface area contributed by atoms with Crippen LogP contribution in [-0.2, 0) is 4.79 Å². The molecule has 1 amide bonds. The first kappa shape index (κ1) is 28.0. The van der Waals surface area contributed by atoms with Gasteiger partial charge in [-0.15, -0.1) is 0 Å². The Morgan fingerprint density at radius 1 is 1.00 bits per heavy atom. The Kier molecular flexibility index (Phi) is 7.09. The van der Waals surface area contributed by atoms with Crippen LogP contribution < -0.4 is 10.1 Å². The van der Waals surface area contributed by atoms with Crippen LogP contribution in [0.15, 0.2) is 83.3 Å². The number of nitrogens with one attached hydrogen (secondary N) is 1. The van der Waals surface area contributed by atoms with E-state index in [1.807, 2.05) is 55.5 Å². The Bertz CT molecular complexity index is 1750. The zero-order valence-corrected chi connectivity index (χ0v) is 24.3. The second-order valence-corrected chi connectivity index (χ2v) is 11.8. The number of fused-ring (bicyclic) bond motifs is 3. The van der Waals surface area contributed by atoms with Crippen molar-refractivity contribution in [2.45, 2.75) is 44.8 Å². The summed E-state index contributed by atoms with van der Waals surface area (Å²) in [6.45, 7) is -1.20. The molecule has 214 valence electrons. The van der Waals surface area contributed by atoms with E-state index in [4.69, 9.17) is 9.72 Å². The maximum absolute atomic E-state index is 14.4. The van der Waals surface area contributed by atoms with Gasteiger partial charge in [0.2, 0.25) is 0 Å². The van der Waals surface area contributed by atoms with Crippen LogP contribution in [0, 0.1) is 12.3 Å². The number of halogens is 3. The summed E-state index contributed by atoms with van der Waals surface area (Å²) in [6, 6.07) is 21.5. The second-order valence-electron chi connectivity index (χ2n) is 10.9. The highest BCUT2D eigenvalue weighted by atomic mass is 79.9. The number of alkyl halides is 2. The lowest BCUT2D eigenvalue weighted by atomic mass is 9.57. The molecule has 42 heavy (non-hydrogen) atoms. The minimum Gasteiger partial charge on any atom is -0.481 e. The Labute approximate surface area is 249 Å². The van der Waals surface area contributed by atoms with E-state index in [0.29, 0.717) is 64.5 Å². The number of carbonyl (C=O) groups is 2. The fourth-order valence-corrected chi connectivity index (χ4v) is 6.78. The van der Waals surface area contributed by atoms with E-state index >= 15 is 0 Å². The fraction of sp³-hybridized carbons (Fsp3) is 0.242. The molecular formula is C33H27BrF2N2O4. The van der Waals surface area contributed by atoms with Crippen LogP contribution in [0.5, 0.6) is 5.75 Å². The summed E-state index contributed by atoms with van der Waals surface area (Å²) < 4.78 is 32.4. The summed E-state index contributed by atoms with van der Waals surface area (Å²) in [4.78, 5) is 31.7. The molecule has 3 aromatic carbocycles. The van der Waals surface area contributed by atoms with Crippen molar-refractivity contribution in [1.82, 2.24) is 10.3 Å². The molecule has 1 fully saturated rings. The Morgan fingerprint density at radius 2 is 1.69 bits per heavy atom. The van der Waals surface area contributed by atoms with Gasteiger partial charge in [0.05, 0.1) is 27.7 Å². The van der Waals surface area contributed by atoms with Gasteiger partial charge in [0, 0.05) is 21.0 Å². The number of aromatic nitrogens is 1. The number of aliphatic carboxylic acids is 1. The summed E-state index contributed by atoms with van der Waals surface area (Å²) in [6.07, 6.45) is 2.91. The molecule has 0 radical (unpaired) electrons. The first-order valence-corrected chi connectivity index (χ1v) is 14.4. The van der Waals surface area contributed by atoms with Gasteiger partial charge in [0.15, 0.2) is 0 Å². The van der Waals surface area contributed by atoms with Crippen LogP contribution in [-0.4, -0.2) is 34.1 Å². The molecule has 6 nitrogen and oxygen atoms in total. The third-order valence-electron chi connectivity index (χ3n) is 8.57. The molecule has 2 N–H and O–H groups in total. The predicted molar refractivity (Wildman–Crippen MR) is 159 cm³/mol. The Morgan fingerprint density at radius 3 is 2.38 bits per heavy atom. The van der Waals surface area contributed by atoms with Crippen molar-refractivity contribution >= 4 is 44.3 Å². The third-order valence-corrected chi connectivity index (χ3v) is 9.06. The summed E-state index contributed by atoms with van der Waals surface area (Å²) >= 11 is 3.52. The third kappa shape index (κ3) is 4.75. The number of ether oxygens (including phenoxy) is 1. The van der Waals surface area contributed by atoms with Crippen molar-refractivity contribution in [1.29, 1.82) is 0 Å². The first-order valence-electron chi connectivity index (χ1n) is 13.6. The quantitative estimate of drug-likeness (QED) is 0.217. The SMILES string of the molecule is Cc1c(-c2ccccc2)nc2ccc(Br)cc2c1C(=O)NC12CCC(C(=O)O)(C=C1c1ccccc1OC(F)F)CC2. The van der Waals surface area contributed by atoms with E-state index in [0.717, 1.165) is 10.0 Å². The minimum absolute atomic E-state index is 0.0682. The molecule has 3 aliphatic rings. The number of carbonyl (C=O) groups excluding carboxylic acids is 1. The molecule has 0 atom stereocenters. The number of benzene rings is 3. The molecule has 1 aromatic heterocycles. The number of para-hydroxylation sites is 1. The normalized spacial score (nSPS) is 21.3. The van der Waals surface area contributed by atoms with E-state index in [1.54, 1.807) is 24.3 Å². The zero-order valence-electron chi connectivity index (χ0n) is 22.7. The van der Waals surface area contributed by atoms with Gasteiger partial charge in [0.25, 0.3) is 5.91 Å². The number of hydrogen-bond donors (Lipinski definition) is 2. The Hall–Kier alpha value is -4.11. The van der Waals surface area contributed by atoms with Gasteiger partial charge < -0.3 is 15.2 Å². The van der Waals surface area contributed by atoms with Crippen LogP contribution in [0.4, 0.5) is 8.78 Å². The maximum atomic E-state index is 14.4. The van der Waals surface area contributed by atoms with E-state index < -0.39 is 23.5 Å². The average Bonchev–Trinajstić information content (AvgIpc) is 2.97. The van der Waals surface area contributed by atoms with Crippen LogP contribution in [0.3, 0.4) is 0 Å². The van der Waals surface area contributed by atoms with E-state index in [9.17, 15) is 23.5 Å². The molecule has 2 bridgehead atoms. The van der Waals surface area contributed by atoms with Crippen molar-refractivity contribution in [3.63, 3.8) is 0 Å². The molecule has 0 saturated heterocycles. The molecule has 1 saturated carbocycles. The fourth-order valence-electron chi connectivity index (χ4n) is 6.42. The minimum atomic E-state index is -3.06. The lowest BCUT2D eigenvalue weighted by Crippen LogP contribution is -2.57. The summed E-state index contributed by atoms with van der Waals surface area (Å²) in [7, 11) is 0. The van der Waals surface area contributed by atoms with Crippen molar-refractivity contribution < 1.29 is 28.2 Å². The molecule has 0 aliphatic heterocycles. The van der Waals surface area contributed by atoms with E-state index in [-0.39, 0.29) is 11.7 Å². The van der Waals surface area contributed by atoms with Gasteiger partial charge in [-0.2, -0.15) is 8.78 Å². The van der Waals surface area contributed by atoms with Gasteiger partial charge in [-0.3, -0.25) is 9.59 Å². The van der Waals surface area contributed by atoms with Crippen LogP contribution in [0.25, 0.3) is 27.7 Å². The van der Waals surface area contributed by atoms with Crippen LogP contribution in [0.2, 0.25) is 0 Å². The van der Waals surface area contributed by atoms with E-state index in [2.05, 4.69) is 21.2 Å². The predicted octanol–water partition coefficient (Wildman–Crippen LogP) is 7.78. The molecular weight excluding hydrogens is 606 g/mol. The highest BCUT2D eigenvalue weighted by molar-refractivity contribution is 9.10. The zero-order chi connectivity index (χ0) is 29.6. The largest absolute Gasteiger partial charge is 0.481 e. The van der Waals surface area contributed by atoms with E-state index in [1.165, 1.54) is 6.07 Å². The van der Waals surface area contributed by atoms with Crippen LogP contribution >= 0.6 is 15.9 Å². The van der Waals surface area contributed by atoms with Crippen molar-refractivity contribution in [2.24, 2.45) is 5.41 Å². The molecule has 4 aromatic rings. The van der Waals surface area contributed by atoms with Crippen molar-refractivity contribution in [2.75, 3.05) is 0 Å². The van der Waals surface area contributed by atoms with Gasteiger partial charge in [-0.1, -0.05) is 70.5 Å². The summed E-state index contributed by atoms with van der Waals surface area (Å²) in [5, 5.41) is 14.1. The number of carboxylic acids is 1. The molecule has 9 heteroatoms. The van der Waals surface area contributed by atoms with Gasteiger partial charge in [0.1, 0.15) is 5.75 Å². The molecule has 7 rings (SSSR count).